The number of aryl methyl sites for hydroxylation is 1. The van der Waals surface area contributed by atoms with Gasteiger partial charge >= 0.3 is 0 Å². The normalized spacial score (nSPS) is 10.2. The first-order valence-electron chi connectivity index (χ1n) is 3.86. The van der Waals surface area contributed by atoms with E-state index in [1.54, 1.807) is 11.3 Å². The Morgan fingerprint density at radius 2 is 2.33 bits per heavy atom. The fourth-order valence-corrected chi connectivity index (χ4v) is 1.83. The van der Waals surface area contributed by atoms with Crippen LogP contribution in [0.3, 0.4) is 0 Å². The first kappa shape index (κ1) is 9.80. The zero-order valence-electron chi connectivity index (χ0n) is 7.33. The van der Waals surface area contributed by atoms with Crippen molar-refractivity contribution in [3.05, 3.63) is 5.01 Å². The molecule has 1 aromatic rings. The minimum absolute atomic E-state index is 0.939. The van der Waals surface area contributed by atoms with Gasteiger partial charge in [0.15, 0.2) is 0 Å². The predicted molar refractivity (Wildman–Crippen MR) is 56.1 cm³/mol. The molecule has 0 atom stereocenters. The Labute approximate surface area is 81.0 Å². The summed E-state index contributed by atoms with van der Waals surface area (Å²) >= 11 is 3.47. The summed E-state index contributed by atoms with van der Waals surface area (Å²) in [5, 5.41) is 13.1. The van der Waals surface area contributed by atoms with Crippen molar-refractivity contribution in [2.45, 2.75) is 13.3 Å². The van der Waals surface area contributed by atoms with Crippen molar-refractivity contribution >= 4 is 28.2 Å². The Hall–Kier alpha value is -0.290. The average molecular weight is 203 g/mol. The molecule has 0 fully saturated rings. The second-order valence-electron chi connectivity index (χ2n) is 2.40. The van der Waals surface area contributed by atoms with Gasteiger partial charge in [0.1, 0.15) is 5.01 Å². The van der Waals surface area contributed by atoms with Gasteiger partial charge in [-0.1, -0.05) is 11.3 Å². The monoisotopic (exact) mass is 203 g/mol. The van der Waals surface area contributed by atoms with E-state index in [2.05, 4.69) is 21.8 Å². The van der Waals surface area contributed by atoms with Gasteiger partial charge in [-0.05, 0) is 25.4 Å². The smallest absolute Gasteiger partial charge is 0.205 e. The van der Waals surface area contributed by atoms with E-state index in [0.29, 0.717) is 0 Å². The van der Waals surface area contributed by atoms with Gasteiger partial charge in [0, 0.05) is 6.54 Å². The summed E-state index contributed by atoms with van der Waals surface area (Å²) in [4.78, 5) is 0. The van der Waals surface area contributed by atoms with Crippen LogP contribution < -0.4 is 5.32 Å². The molecule has 0 aliphatic carbocycles. The zero-order chi connectivity index (χ0) is 8.81. The van der Waals surface area contributed by atoms with Gasteiger partial charge in [-0.3, -0.25) is 0 Å². The number of rotatable bonds is 5. The van der Waals surface area contributed by atoms with Crippen LogP contribution in [-0.2, 0) is 0 Å². The molecule has 68 valence electrons. The highest BCUT2D eigenvalue weighted by Crippen LogP contribution is 2.13. The Kier molecular flexibility index (Phi) is 4.39. The van der Waals surface area contributed by atoms with E-state index in [0.717, 1.165) is 16.7 Å². The van der Waals surface area contributed by atoms with Crippen molar-refractivity contribution in [2.24, 2.45) is 0 Å². The molecule has 1 rings (SSSR count). The Balaban J connectivity index is 2.15. The Morgan fingerprint density at radius 1 is 1.50 bits per heavy atom. The van der Waals surface area contributed by atoms with Gasteiger partial charge in [-0.2, -0.15) is 11.8 Å². The van der Waals surface area contributed by atoms with Gasteiger partial charge in [-0.25, -0.2) is 0 Å². The molecule has 0 aromatic carbocycles. The predicted octanol–water partition coefficient (Wildman–Crippen LogP) is 2.01. The Bertz CT molecular complexity index is 224. The van der Waals surface area contributed by atoms with Crippen LogP contribution in [0.1, 0.15) is 11.4 Å². The number of nitrogens with zero attached hydrogens (tertiary/aromatic N) is 2. The molecule has 12 heavy (non-hydrogen) atoms. The number of hydrogen-bond donors (Lipinski definition) is 1. The summed E-state index contributed by atoms with van der Waals surface area (Å²) in [5.74, 6) is 1.20. The van der Waals surface area contributed by atoms with E-state index < -0.39 is 0 Å². The van der Waals surface area contributed by atoms with E-state index in [9.17, 15) is 0 Å². The summed E-state index contributed by atoms with van der Waals surface area (Å²) < 4.78 is 0. The Morgan fingerprint density at radius 3 is 2.92 bits per heavy atom. The molecule has 0 saturated carbocycles. The lowest BCUT2D eigenvalue weighted by Crippen LogP contribution is -2.01. The highest BCUT2D eigenvalue weighted by molar-refractivity contribution is 7.98. The molecule has 0 aliphatic rings. The van der Waals surface area contributed by atoms with E-state index in [1.807, 2.05) is 18.7 Å². The van der Waals surface area contributed by atoms with Crippen molar-refractivity contribution in [3.8, 4) is 0 Å². The molecular weight excluding hydrogens is 190 g/mol. The summed E-state index contributed by atoms with van der Waals surface area (Å²) in [6.45, 7) is 2.96. The zero-order valence-corrected chi connectivity index (χ0v) is 8.97. The molecule has 3 nitrogen and oxygen atoms in total. The number of anilines is 1. The van der Waals surface area contributed by atoms with Crippen LogP contribution in [0.5, 0.6) is 0 Å². The topological polar surface area (TPSA) is 37.8 Å². The maximum atomic E-state index is 3.96. The fourth-order valence-electron chi connectivity index (χ4n) is 0.780. The number of aromatic nitrogens is 2. The maximum absolute atomic E-state index is 3.96. The molecular formula is C7H13N3S2. The summed E-state index contributed by atoms with van der Waals surface area (Å²) in [5.41, 5.74) is 0. The van der Waals surface area contributed by atoms with Gasteiger partial charge < -0.3 is 5.32 Å². The molecule has 0 radical (unpaired) electrons. The third-order valence-corrected chi connectivity index (χ3v) is 2.82. The molecule has 0 saturated heterocycles. The highest BCUT2D eigenvalue weighted by Gasteiger charge is 1.97. The second kappa shape index (κ2) is 5.37. The van der Waals surface area contributed by atoms with E-state index in [-0.39, 0.29) is 0 Å². The van der Waals surface area contributed by atoms with Crippen LogP contribution in [0.2, 0.25) is 0 Å². The van der Waals surface area contributed by atoms with Gasteiger partial charge in [-0.15, -0.1) is 10.2 Å². The first-order chi connectivity index (χ1) is 5.83. The third-order valence-electron chi connectivity index (χ3n) is 1.33. The maximum Gasteiger partial charge on any atom is 0.205 e. The van der Waals surface area contributed by atoms with Gasteiger partial charge in [0.25, 0.3) is 0 Å². The first-order valence-corrected chi connectivity index (χ1v) is 6.07. The van der Waals surface area contributed by atoms with Gasteiger partial charge in [0.05, 0.1) is 0 Å². The minimum Gasteiger partial charge on any atom is -0.360 e. The molecule has 5 heteroatoms. The van der Waals surface area contributed by atoms with E-state index in [1.165, 1.54) is 12.2 Å². The number of hydrogen-bond acceptors (Lipinski definition) is 5. The van der Waals surface area contributed by atoms with E-state index in [4.69, 9.17) is 0 Å². The van der Waals surface area contributed by atoms with Crippen molar-refractivity contribution in [1.29, 1.82) is 0 Å². The van der Waals surface area contributed by atoms with Crippen molar-refractivity contribution in [1.82, 2.24) is 10.2 Å². The molecule has 0 bridgehead atoms. The molecule has 0 amide bonds. The largest absolute Gasteiger partial charge is 0.360 e. The van der Waals surface area contributed by atoms with Crippen molar-refractivity contribution in [3.63, 3.8) is 0 Å². The summed E-state index contributed by atoms with van der Waals surface area (Å²) in [7, 11) is 0. The van der Waals surface area contributed by atoms with Crippen LogP contribution in [0.4, 0.5) is 5.13 Å². The summed E-state index contributed by atoms with van der Waals surface area (Å²) in [6, 6.07) is 0. The van der Waals surface area contributed by atoms with Gasteiger partial charge in [0.2, 0.25) is 5.13 Å². The van der Waals surface area contributed by atoms with Crippen LogP contribution >= 0.6 is 23.1 Å². The van der Waals surface area contributed by atoms with Crippen LogP contribution in [0.15, 0.2) is 0 Å². The fraction of sp³-hybridized carbons (Fsp3) is 0.714. The van der Waals surface area contributed by atoms with Crippen LogP contribution in [0, 0.1) is 6.92 Å². The molecule has 0 spiro atoms. The summed E-state index contributed by atoms with van der Waals surface area (Å²) in [6.07, 6.45) is 3.30. The molecule has 1 N–H and O–H groups in total. The van der Waals surface area contributed by atoms with Crippen molar-refractivity contribution < 1.29 is 0 Å². The molecule has 0 unspecified atom stereocenters. The highest BCUT2D eigenvalue weighted by atomic mass is 32.2. The lowest BCUT2D eigenvalue weighted by Gasteiger charge is -1.98. The quantitative estimate of drug-likeness (QED) is 0.743. The molecule has 0 aliphatic heterocycles. The third kappa shape index (κ3) is 3.40. The lowest BCUT2D eigenvalue weighted by molar-refractivity contribution is 0.969. The molecule has 1 heterocycles. The molecule has 1 aromatic heterocycles. The minimum atomic E-state index is 0.939. The number of thioether (sulfide) groups is 1. The lowest BCUT2D eigenvalue weighted by atomic mass is 10.5. The van der Waals surface area contributed by atoms with Crippen LogP contribution in [-0.4, -0.2) is 28.8 Å². The second-order valence-corrected chi connectivity index (χ2v) is 4.57. The number of nitrogens with one attached hydrogen (secondary N) is 1. The SMILES string of the molecule is CSCCCNc1nnc(C)s1. The van der Waals surface area contributed by atoms with E-state index >= 15 is 0 Å². The standard InChI is InChI=1S/C7H13N3S2/c1-6-9-10-7(12-6)8-4-3-5-11-2/h3-5H2,1-2H3,(H,8,10). The average Bonchev–Trinajstić information content (AvgIpc) is 2.45. The van der Waals surface area contributed by atoms with Crippen LogP contribution in [0.25, 0.3) is 0 Å². The van der Waals surface area contributed by atoms with Crippen molar-refractivity contribution in [2.75, 3.05) is 23.9 Å².